The number of carbonyl (C=O) groups is 1. The summed E-state index contributed by atoms with van der Waals surface area (Å²) in [5, 5.41) is 20.7. The molecule has 2 aromatic rings. The lowest BCUT2D eigenvalue weighted by atomic mass is 10.2. The molecule has 1 aliphatic rings. The molecule has 0 bridgehead atoms. The molecular weight excluding hydrogens is 272 g/mol. The highest BCUT2D eigenvalue weighted by molar-refractivity contribution is 5.96. The maximum Gasteiger partial charge on any atom is 0.262 e. The molecule has 3 N–H and O–H groups in total. The third-order valence-electron chi connectivity index (χ3n) is 3.00. The lowest BCUT2D eigenvalue weighted by Crippen LogP contribution is -2.25. The minimum atomic E-state index is -0.276. The Bertz CT molecular complexity index is 840. The van der Waals surface area contributed by atoms with E-state index in [0.29, 0.717) is 22.8 Å². The molecule has 0 aliphatic carbocycles. The molecule has 0 radical (unpaired) electrons. The highest BCUT2D eigenvalue weighted by Crippen LogP contribution is 2.34. The zero-order chi connectivity index (χ0) is 15.0. The first-order valence-corrected chi connectivity index (χ1v) is 5.88. The Morgan fingerprint density at radius 1 is 1.38 bits per heavy atom. The van der Waals surface area contributed by atoms with E-state index < -0.39 is 0 Å². The van der Waals surface area contributed by atoms with Crippen LogP contribution in [0.2, 0.25) is 0 Å². The summed E-state index contributed by atoms with van der Waals surface area (Å²) in [6.07, 6.45) is 1.33. The minimum absolute atomic E-state index is 0.00917. The van der Waals surface area contributed by atoms with E-state index in [9.17, 15) is 4.79 Å². The summed E-state index contributed by atoms with van der Waals surface area (Å²) in [5.74, 6) is 0.178. The van der Waals surface area contributed by atoms with Gasteiger partial charge >= 0.3 is 0 Å². The van der Waals surface area contributed by atoms with Crippen LogP contribution in [0.15, 0.2) is 18.5 Å². The summed E-state index contributed by atoms with van der Waals surface area (Å²) in [6, 6.07) is 6.88. The largest absolute Gasteiger partial charge is 0.482 e. The predicted octanol–water partition coefficient (Wildman–Crippen LogP) is 0.529. The number of nitrogen functional groups attached to an aromatic ring is 1. The molecule has 1 aromatic heterocycles. The van der Waals surface area contributed by atoms with Crippen molar-refractivity contribution in [3.05, 3.63) is 29.8 Å². The van der Waals surface area contributed by atoms with Crippen molar-refractivity contribution in [2.45, 2.75) is 0 Å². The Labute approximate surface area is 119 Å². The Balaban J connectivity index is 2.18. The van der Waals surface area contributed by atoms with Crippen molar-refractivity contribution in [1.82, 2.24) is 9.55 Å². The van der Waals surface area contributed by atoms with Crippen molar-refractivity contribution >= 4 is 17.3 Å². The highest BCUT2D eigenvalue weighted by Gasteiger charge is 2.20. The summed E-state index contributed by atoms with van der Waals surface area (Å²) in [6.45, 7) is -0.0705. The lowest BCUT2D eigenvalue weighted by molar-refractivity contribution is -0.118. The number of fused-ring (bicyclic) bond motifs is 1. The van der Waals surface area contributed by atoms with Crippen LogP contribution in [0, 0.1) is 22.7 Å². The fourth-order valence-electron chi connectivity index (χ4n) is 2.06. The number of aromatic nitrogens is 2. The number of nitrogens with one attached hydrogen (secondary N) is 1. The van der Waals surface area contributed by atoms with E-state index in [2.05, 4.69) is 10.3 Å². The Morgan fingerprint density at radius 3 is 2.90 bits per heavy atom. The summed E-state index contributed by atoms with van der Waals surface area (Å²) in [4.78, 5) is 15.2. The summed E-state index contributed by atoms with van der Waals surface area (Å²) >= 11 is 0. The van der Waals surface area contributed by atoms with Gasteiger partial charge < -0.3 is 15.8 Å². The molecule has 0 fully saturated rings. The van der Waals surface area contributed by atoms with Crippen LogP contribution in [-0.4, -0.2) is 22.1 Å². The first kappa shape index (κ1) is 12.5. The summed E-state index contributed by atoms with van der Waals surface area (Å²) in [5.41, 5.74) is 7.26. The summed E-state index contributed by atoms with van der Waals surface area (Å²) < 4.78 is 6.65. The molecule has 0 unspecified atom stereocenters. The van der Waals surface area contributed by atoms with Crippen molar-refractivity contribution in [3.8, 4) is 23.6 Å². The zero-order valence-electron chi connectivity index (χ0n) is 10.6. The van der Waals surface area contributed by atoms with Crippen LogP contribution in [0.3, 0.4) is 0 Å². The van der Waals surface area contributed by atoms with Gasteiger partial charge in [0.15, 0.2) is 18.0 Å². The van der Waals surface area contributed by atoms with Gasteiger partial charge in [-0.05, 0) is 6.07 Å². The van der Waals surface area contributed by atoms with E-state index in [0.717, 1.165) is 0 Å². The maximum atomic E-state index is 11.4. The molecule has 1 amide bonds. The molecule has 0 atom stereocenters. The van der Waals surface area contributed by atoms with Crippen molar-refractivity contribution in [3.63, 3.8) is 0 Å². The maximum absolute atomic E-state index is 11.4. The second kappa shape index (κ2) is 4.54. The smallest absolute Gasteiger partial charge is 0.262 e. The van der Waals surface area contributed by atoms with E-state index in [-0.39, 0.29) is 23.9 Å². The second-order valence-corrected chi connectivity index (χ2v) is 4.28. The Hall–Kier alpha value is -3.52. The van der Waals surface area contributed by atoms with Gasteiger partial charge in [-0.3, -0.25) is 9.36 Å². The van der Waals surface area contributed by atoms with Crippen LogP contribution < -0.4 is 15.8 Å². The van der Waals surface area contributed by atoms with Crippen LogP contribution in [0.25, 0.3) is 5.69 Å². The number of amides is 1. The number of carbonyl (C=O) groups excluding carboxylic acids is 1. The minimum Gasteiger partial charge on any atom is -0.482 e. The number of nitriles is 2. The number of nitrogens with two attached hydrogens (primary N) is 1. The standard InChI is InChI=1S/C13H8N6O2/c14-3-9-11(4-15)19(6-17-9)10-2-8-12(1-7(10)16)21-5-13(20)18-8/h1-2,6H,5,16H2,(H,18,20). The fourth-order valence-corrected chi connectivity index (χ4v) is 2.06. The van der Waals surface area contributed by atoms with Gasteiger partial charge in [0.1, 0.15) is 24.2 Å². The molecule has 0 saturated carbocycles. The molecule has 0 spiro atoms. The zero-order valence-corrected chi connectivity index (χ0v) is 10.6. The second-order valence-electron chi connectivity index (χ2n) is 4.28. The first-order chi connectivity index (χ1) is 10.1. The molecule has 21 heavy (non-hydrogen) atoms. The van der Waals surface area contributed by atoms with Crippen molar-refractivity contribution in [2.24, 2.45) is 0 Å². The van der Waals surface area contributed by atoms with Gasteiger partial charge in [0, 0.05) is 6.07 Å². The van der Waals surface area contributed by atoms with Crippen LogP contribution in [0.1, 0.15) is 11.4 Å². The molecular formula is C13H8N6O2. The highest BCUT2D eigenvalue weighted by atomic mass is 16.5. The fraction of sp³-hybridized carbons (Fsp3) is 0.0769. The Morgan fingerprint density at radius 2 is 2.19 bits per heavy atom. The molecule has 3 rings (SSSR count). The number of anilines is 2. The Kier molecular flexibility index (Phi) is 2.71. The van der Waals surface area contributed by atoms with E-state index in [1.807, 2.05) is 12.1 Å². The van der Waals surface area contributed by atoms with Crippen LogP contribution in [0.4, 0.5) is 11.4 Å². The molecule has 8 nitrogen and oxygen atoms in total. The average molecular weight is 280 g/mol. The van der Waals surface area contributed by atoms with Crippen molar-refractivity contribution in [1.29, 1.82) is 10.5 Å². The number of ether oxygens (including phenoxy) is 1. The van der Waals surface area contributed by atoms with E-state index >= 15 is 0 Å². The number of hydrogen-bond donors (Lipinski definition) is 2. The van der Waals surface area contributed by atoms with Crippen molar-refractivity contribution in [2.75, 3.05) is 17.7 Å². The molecule has 8 heteroatoms. The van der Waals surface area contributed by atoms with Crippen molar-refractivity contribution < 1.29 is 9.53 Å². The van der Waals surface area contributed by atoms with Gasteiger partial charge in [0.05, 0.1) is 17.1 Å². The average Bonchev–Trinajstić information content (AvgIpc) is 2.89. The van der Waals surface area contributed by atoms with E-state index in [4.69, 9.17) is 21.0 Å². The summed E-state index contributed by atoms with van der Waals surface area (Å²) in [7, 11) is 0. The molecule has 2 heterocycles. The van der Waals surface area contributed by atoms with Crippen LogP contribution >= 0.6 is 0 Å². The molecule has 1 aromatic carbocycles. The number of nitrogens with zero attached hydrogens (tertiary/aromatic N) is 4. The number of benzene rings is 1. The SMILES string of the molecule is N#Cc1ncn(-c2cc3c(cc2N)OCC(=O)N3)c1C#N. The van der Waals surface area contributed by atoms with E-state index in [1.54, 1.807) is 12.1 Å². The molecule has 102 valence electrons. The normalized spacial score (nSPS) is 12.6. The molecule has 0 saturated heterocycles. The monoisotopic (exact) mass is 280 g/mol. The van der Waals surface area contributed by atoms with Gasteiger partial charge in [0.2, 0.25) is 0 Å². The topological polar surface area (TPSA) is 130 Å². The van der Waals surface area contributed by atoms with E-state index in [1.165, 1.54) is 10.9 Å². The number of rotatable bonds is 1. The predicted molar refractivity (Wildman–Crippen MR) is 71.5 cm³/mol. The van der Waals surface area contributed by atoms with Crippen LogP contribution in [-0.2, 0) is 4.79 Å². The third kappa shape index (κ3) is 1.91. The third-order valence-corrected chi connectivity index (χ3v) is 3.00. The van der Waals surface area contributed by atoms with Gasteiger partial charge in [-0.25, -0.2) is 4.98 Å². The van der Waals surface area contributed by atoms with Crippen LogP contribution in [0.5, 0.6) is 5.75 Å². The molecule has 1 aliphatic heterocycles. The van der Waals surface area contributed by atoms with Gasteiger partial charge in [0.25, 0.3) is 5.91 Å². The quantitative estimate of drug-likeness (QED) is 0.733. The first-order valence-electron chi connectivity index (χ1n) is 5.88. The number of imidazole rings is 1. The van der Waals surface area contributed by atoms with Gasteiger partial charge in [-0.1, -0.05) is 0 Å². The lowest BCUT2D eigenvalue weighted by Gasteiger charge is -2.20. The number of hydrogen-bond acceptors (Lipinski definition) is 6. The van der Waals surface area contributed by atoms with Gasteiger partial charge in [-0.2, -0.15) is 10.5 Å². The van der Waals surface area contributed by atoms with Gasteiger partial charge in [-0.15, -0.1) is 0 Å².